The molecule has 1 heterocycles. The average Bonchev–Trinajstić information content (AvgIpc) is 2.77. The number of ether oxygens (including phenoxy) is 1. The number of hydrogen-bond acceptors (Lipinski definition) is 4. The number of nitrogens with zero attached hydrogens (tertiary/aromatic N) is 1. The predicted molar refractivity (Wildman–Crippen MR) is 118 cm³/mol. The van der Waals surface area contributed by atoms with E-state index in [4.69, 9.17) is 4.74 Å². The van der Waals surface area contributed by atoms with Crippen molar-refractivity contribution in [3.05, 3.63) is 71.3 Å². The van der Waals surface area contributed by atoms with Gasteiger partial charge in [0.15, 0.2) is 0 Å². The lowest BCUT2D eigenvalue weighted by Crippen LogP contribution is -2.51. The highest BCUT2D eigenvalue weighted by Crippen LogP contribution is 2.33. The Labute approximate surface area is 193 Å². The zero-order valence-corrected chi connectivity index (χ0v) is 17.7. The fourth-order valence-corrected chi connectivity index (χ4v) is 3.07. The third-order valence-electron chi connectivity index (χ3n) is 5.26. The molecule has 0 fully saturated rings. The number of nitrogens with one attached hydrogen (secondary N) is 1. The van der Waals surface area contributed by atoms with Crippen LogP contribution in [0.2, 0.25) is 0 Å². The lowest BCUT2D eigenvalue weighted by molar-refractivity contribution is -0.144. The van der Waals surface area contributed by atoms with E-state index in [1.807, 2.05) is 0 Å². The van der Waals surface area contributed by atoms with Gasteiger partial charge in [-0.2, -0.15) is 13.2 Å². The number of fused-ring (bicyclic) bond motifs is 1. The molecule has 3 rings (SSSR count). The first-order valence-electron chi connectivity index (χ1n) is 9.88. The van der Waals surface area contributed by atoms with Crippen LogP contribution in [-0.4, -0.2) is 27.5 Å². The molecule has 0 radical (unpaired) electrons. The number of aliphatic carboxylic acids is 1. The van der Waals surface area contributed by atoms with Gasteiger partial charge in [-0.1, -0.05) is 44.7 Å². The zero-order valence-electron chi connectivity index (χ0n) is 17.7. The van der Waals surface area contributed by atoms with Gasteiger partial charge in [0.05, 0.1) is 5.56 Å². The number of rotatable bonds is 7. The maximum absolute atomic E-state index is 14.7. The summed E-state index contributed by atoms with van der Waals surface area (Å²) in [6, 6.07) is 9.11. The van der Waals surface area contributed by atoms with Gasteiger partial charge in [0.25, 0.3) is 5.91 Å². The number of pyridine rings is 1. The third kappa shape index (κ3) is 5.44. The molecule has 0 saturated heterocycles. The summed E-state index contributed by atoms with van der Waals surface area (Å²) in [5, 5.41) is 12.2. The number of aromatic nitrogens is 1. The van der Waals surface area contributed by atoms with Crippen molar-refractivity contribution in [2.75, 3.05) is 0 Å². The van der Waals surface area contributed by atoms with E-state index in [-0.39, 0.29) is 48.1 Å². The summed E-state index contributed by atoms with van der Waals surface area (Å²) in [5.41, 5.74) is -2.63. The molecule has 0 spiro atoms. The Morgan fingerprint density at radius 2 is 1.76 bits per heavy atom. The van der Waals surface area contributed by atoms with Crippen LogP contribution in [0.25, 0.3) is 10.8 Å². The van der Waals surface area contributed by atoms with Crippen molar-refractivity contribution in [3.63, 3.8) is 0 Å². The molecule has 2 aromatic carbocycles. The number of carbonyl (C=O) groups excluding carboxylic acids is 1. The van der Waals surface area contributed by atoms with E-state index in [9.17, 15) is 32.3 Å². The summed E-state index contributed by atoms with van der Waals surface area (Å²) in [6.45, 7) is 2.63. The van der Waals surface area contributed by atoms with Gasteiger partial charge in [0, 0.05) is 22.5 Å². The Balaban J connectivity index is 0.00000408. The molecular weight excluding hydrogens is 456 g/mol. The maximum Gasteiger partial charge on any atom is 0.433 e. The summed E-state index contributed by atoms with van der Waals surface area (Å²) >= 11 is 0. The number of benzene rings is 2. The van der Waals surface area contributed by atoms with Crippen LogP contribution in [0.15, 0.2) is 48.7 Å². The van der Waals surface area contributed by atoms with E-state index in [0.29, 0.717) is 0 Å². The minimum Gasteiger partial charge on any atom is -0.487 e. The largest absolute Gasteiger partial charge is 0.487 e. The van der Waals surface area contributed by atoms with E-state index in [0.717, 1.165) is 18.3 Å². The van der Waals surface area contributed by atoms with Crippen molar-refractivity contribution >= 4 is 22.6 Å². The van der Waals surface area contributed by atoms with Crippen LogP contribution in [0.3, 0.4) is 0 Å². The molecule has 1 aromatic heterocycles. The molecule has 6 nitrogen and oxygen atoms in total. The van der Waals surface area contributed by atoms with E-state index in [1.54, 1.807) is 19.1 Å². The van der Waals surface area contributed by atoms with E-state index < -0.39 is 35.1 Å². The Morgan fingerprint density at radius 1 is 1.12 bits per heavy atom. The quantitative estimate of drug-likeness (QED) is 0.431. The highest BCUT2D eigenvalue weighted by Gasteiger charge is 2.34. The smallest absolute Gasteiger partial charge is 0.433 e. The van der Waals surface area contributed by atoms with Crippen molar-refractivity contribution in [3.8, 4) is 5.75 Å². The Bertz CT molecular complexity index is 1200. The first-order valence-corrected chi connectivity index (χ1v) is 9.88. The molecule has 0 aliphatic carbocycles. The van der Waals surface area contributed by atoms with E-state index in [1.165, 1.54) is 25.1 Å². The molecule has 0 aliphatic heterocycles. The van der Waals surface area contributed by atoms with Crippen LogP contribution in [0, 0.1) is 5.82 Å². The zero-order chi connectivity index (χ0) is 24.4. The molecule has 0 unspecified atom stereocenters. The fourth-order valence-electron chi connectivity index (χ4n) is 3.07. The highest BCUT2D eigenvalue weighted by atomic mass is 19.4. The van der Waals surface area contributed by atoms with Gasteiger partial charge >= 0.3 is 12.1 Å². The van der Waals surface area contributed by atoms with Gasteiger partial charge in [0.1, 0.15) is 29.4 Å². The summed E-state index contributed by atoms with van der Waals surface area (Å²) in [6.07, 6.45) is -3.53. The van der Waals surface area contributed by atoms with Crippen LogP contribution in [0.4, 0.5) is 17.6 Å². The van der Waals surface area contributed by atoms with E-state index in [2.05, 4.69) is 10.3 Å². The van der Waals surface area contributed by atoms with Crippen LogP contribution in [0.1, 0.15) is 49.3 Å². The Hall–Kier alpha value is -3.69. The molecular formula is C24H24F4N2O4. The number of carbonyl (C=O) groups is 2. The fraction of sp³-hybridized carbons (Fsp3) is 0.292. The van der Waals surface area contributed by atoms with Crippen molar-refractivity contribution in [1.29, 1.82) is 0 Å². The molecule has 2 N–H and O–H groups in total. The maximum atomic E-state index is 14.7. The number of carboxylic acid groups (broad SMARTS) is 1. The standard InChI is InChI=1S/C23H20F4N2O4.CH4/c1-3-22(2,21(31)32)29-20(30)16-10-17(24)14-6-4-5-7-15(14)19(16)33-12-13-8-9-18(28-11-13)23(25,26)27;/h4-11H,3,12H2,1-2H3,(H,29,30)(H,31,32);1H4/t22-;/m1./s1. The molecule has 34 heavy (non-hydrogen) atoms. The van der Waals surface area contributed by atoms with Crippen LogP contribution in [0.5, 0.6) is 5.75 Å². The number of carboxylic acids is 1. The lowest BCUT2D eigenvalue weighted by Gasteiger charge is -2.25. The molecule has 10 heteroatoms. The van der Waals surface area contributed by atoms with Crippen LogP contribution < -0.4 is 10.1 Å². The summed E-state index contributed by atoms with van der Waals surface area (Å²) in [7, 11) is 0. The SMILES string of the molecule is C.CC[C@@](C)(NC(=O)c1cc(F)c2ccccc2c1OCc1ccc(C(F)(F)F)nc1)C(=O)O. The summed E-state index contributed by atoms with van der Waals surface area (Å²) in [5.74, 6) is -2.88. The van der Waals surface area contributed by atoms with Crippen molar-refractivity contribution < 1.29 is 37.0 Å². The molecule has 1 amide bonds. The van der Waals surface area contributed by atoms with Crippen molar-refractivity contribution in [2.45, 2.75) is 46.0 Å². The number of hydrogen-bond donors (Lipinski definition) is 2. The van der Waals surface area contributed by atoms with Gasteiger partial charge in [0.2, 0.25) is 0 Å². The Kier molecular flexibility index (Phi) is 7.86. The second-order valence-electron chi connectivity index (χ2n) is 7.56. The molecule has 0 aliphatic rings. The third-order valence-corrected chi connectivity index (χ3v) is 5.26. The summed E-state index contributed by atoms with van der Waals surface area (Å²) < 4.78 is 58.7. The molecule has 0 saturated carbocycles. The molecule has 1 atom stereocenters. The summed E-state index contributed by atoms with van der Waals surface area (Å²) in [4.78, 5) is 27.9. The number of halogens is 4. The molecule has 0 bridgehead atoms. The predicted octanol–water partition coefficient (Wildman–Crippen LogP) is 5.59. The molecule has 3 aromatic rings. The van der Waals surface area contributed by atoms with Crippen LogP contribution >= 0.6 is 0 Å². The van der Waals surface area contributed by atoms with Crippen molar-refractivity contribution in [2.24, 2.45) is 0 Å². The highest BCUT2D eigenvalue weighted by molar-refractivity contribution is 6.05. The van der Waals surface area contributed by atoms with Gasteiger partial charge in [-0.15, -0.1) is 0 Å². The van der Waals surface area contributed by atoms with Gasteiger partial charge in [-0.25, -0.2) is 9.18 Å². The topological polar surface area (TPSA) is 88.5 Å². The minimum atomic E-state index is -4.59. The molecule has 182 valence electrons. The van der Waals surface area contributed by atoms with Gasteiger partial charge in [-0.3, -0.25) is 9.78 Å². The number of alkyl halides is 3. The monoisotopic (exact) mass is 480 g/mol. The van der Waals surface area contributed by atoms with Crippen molar-refractivity contribution in [1.82, 2.24) is 10.3 Å². The average molecular weight is 480 g/mol. The lowest BCUT2D eigenvalue weighted by atomic mass is 9.97. The first-order chi connectivity index (χ1) is 15.5. The van der Waals surface area contributed by atoms with Crippen LogP contribution in [-0.2, 0) is 17.6 Å². The normalized spacial score (nSPS) is 13.0. The second-order valence-corrected chi connectivity index (χ2v) is 7.56. The van der Waals surface area contributed by atoms with Gasteiger partial charge in [-0.05, 0) is 25.5 Å². The Morgan fingerprint density at radius 3 is 2.29 bits per heavy atom. The van der Waals surface area contributed by atoms with Gasteiger partial charge < -0.3 is 15.2 Å². The first kappa shape index (κ1) is 26.6. The number of amides is 1. The minimum absolute atomic E-state index is 0. The van der Waals surface area contributed by atoms with E-state index >= 15 is 0 Å². The second kappa shape index (κ2) is 10.1.